The first kappa shape index (κ1) is 17.4. The normalized spacial score (nSPS) is 10.5. The fourth-order valence-corrected chi connectivity index (χ4v) is 2.00. The number of aryl methyl sites for hydroxylation is 1. The van der Waals surface area contributed by atoms with Crippen LogP contribution in [0.1, 0.15) is 26.3 Å². The number of hydrogen-bond donors (Lipinski definition) is 1. The summed E-state index contributed by atoms with van der Waals surface area (Å²) in [6, 6.07) is 10.2. The van der Waals surface area contributed by atoms with Crippen molar-refractivity contribution in [1.29, 1.82) is 0 Å². The molecule has 0 saturated carbocycles. The van der Waals surface area contributed by atoms with E-state index in [1.54, 1.807) is 13.0 Å². The van der Waals surface area contributed by atoms with Gasteiger partial charge < -0.3 is 15.2 Å². The van der Waals surface area contributed by atoms with Crippen LogP contribution in [0.2, 0.25) is 0 Å². The number of alkyl halides is 2. The molecule has 0 aliphatic heterocycles. The summed E-state index contributed by atoms with van der Waals surface area (Å²) in [5, 5.41) is 0. The minimum Gasteiger partial charge on any atom is -0.485 e. The lowest BCUT2D eigenvalue weighted by atomic mass is 10.1. The molecule has 7 heteroatoms. The van der Waals surface area contributed by atoms with E-state index >= 15 is 0 Å². The van der Waals surface area contributed by atoms with Crippen LogP contribution in [0.5, 0.6) is 11.5 Å². The van der Waals surface area contributed by atoms with E-state index in [0.29, 0.717) is 11.3 Å². The lowest BCUT2D eigenvalue weighted by molar-refractivity contribution is -0.0501. The van der Waals surface area contributed by atoms with Gasteiger partial charge in [0.25, 0.3) is 0 Å². The zero-order valence-electron chi connectivity index (χ0n) is 12.8. The van der Waals surface area contributed by atoms with Crippen LogP contribution in [0.25, 0.3) is 0 Å². The number of halogens is 2. The Morgan fingerprint density at radius 1 is 1.12 bits per heavy atom. The molecule has 0 spiro atoms. The van der Waals surface area contributed by atoms with Gasteiger partial charge in [0.05, 0.1) is 5.56 Å². The van der Waals surface area contributed by atoms with Crippen molar-refractivity contribution in [3.05, 3.63) is 59.2 Å². The number of carbonyl (C=O) groups is 2. The highest BCUT2D eigenvalue weighted by Gasteiger charge is 2.16. The molecule has 5 nitrogen and oxygen atoms in total. The highest BCUT2D eigenvalue weighted by molar-refractivity contribution is 6.00. The molecule has 1 amide bonds. The molecular weight excluding hydrogens is 320 g/mol. The Bertz CT molecular complexity index is 745. The maximum atomic E-state index is 12.4. The standard InChI is InChI=1S/C17H15F2NO4/c1-10-2-7-15(24-17(18)19)13(8-10)14(21)9-23-12-5-3-11(4-6-12)16(20)22/h2-8,17H,9H2,1H3,(H2,20,22). The summed E-state index contributed by atoms with van der Waals surface area (Å²) in [6.07, 6.45) is 0. The van der Waals surface area contributed by atoms with Crippen LogP contribution in [0.3, 0.4) is 0 Å². The van der Waals surface area contributed by atoms with Gasteiger partial charge in [-0.15, -0.1) is 0 Å². The average Bonchev–Trinajstić information content (AvgIpc) is 2.54. The molecule has 0 radical (unpaired) electrons. The van der Waals surface area contributed by atoms with E-state index in [4.69, 9.17) is 10.5 Å². The van der Waals surface area contributed by atoms with Crippen molar-refractivity contribution in [2.24, 2.45) is 5.73 Å². The smallest absolute Gasteiger partial charge is 0.387 e. The molecule has 2 N–H and O–H groups in total. The second-order valence-corrected chi connectivity index (χ2v) is 4.98. The molecule has 0 aliphatic carbocycles. The number of hydrogen-bond acceptors (Lipinski definition) is 4. The topological polar surface area (TPSA) is 78.6 Å². The Balaban J connectivity index is 2.09. The number of rotatable bonds is 7. The van der Waals surface area contributed by atoms with Crippen molar-refractivity contribution >= 4 is 11.7 Å². The minimum absolute atomic E-state index is 0.0176. The summed E-state index contributed by atoms with van der Waals surface area (Å²) >= 11 is 0. The Morgan fingerprint density at radius 2 is 1.79 bits per heavy atom. The van der Waals surface area contributed by atoms with Gasteiger partial charge in [-0.2, -0.15) is 8.78 Å². The van der Waals surface area contributed by atoms with Gasteiger partial charge in [-0.3, -0.25) is 9.59 Å². The van der Waals surface area contributed by atoms with Crippen LogP contribution in [-0.2, 0) is 0 Å². The Hall–Kier alpha value is -2.96. The molecule has 0 aromatic heterocycles. The van der Waals surface area contributed by atoms with E-state index in [1.165, 1.54) is 36.4 Å². The number of carbonyl (C=O) groups excluding carboxylic acids is 2. The summed E-state index contributed by atoms with van der Waals surface area (Å²) in [4.78, 5) is 23.2. The Morgan fingerprint density at radius 3 is 2.38 bits per heavy atom. The third kappa shape index (κ3) is 4.52. The average molecular weight is 335 g/mol. The van der Waals surface area contributed by atoms with Crippen molar-refractivity contribution in [3.63, 3.8) is 0 Å². The molecule has 0 aliphatic rings. The molecule has 0 atom stereocenters. The van der Waals surface area contributed by atoms with Gasteiger partial charge in [0, 0.05) is 5.56 Å². The van der Waals surface area contributed by atoms with E-state index in [9.17, 15) is 18.4 Å². The largest absolute Gasteiger partial charge is 0.485 e. The van der Waals surface area contributed by atoms with E-state index in [2.05, 4.69) is 4.74 Å². The summed E-state index contributed by atoms with van der Waals surface area (Å²) in [7, 11) is 0. The highest BCUT2D eigenvalue weighted by atomic mass is 19.3. The molecule has 0 saturated heterocycles. The molecule has 2 aromatic carbocycles. The predicted molar refractivity (Wildman–Crippen MR) is 82.6 cm³/mol. The Labute approximate surface area is 137 Å². The van der Waals surface area contributed by atoms with Crippen LogP contribution in [-0.4, -0.2) is 24.9 Å². The van der Waals surface area contributed by atoms with Crippen LogP contribution in [0.15, 0.2) is 42.5 Å². The number of ketones is 1. The number of ether oxygens (including phenoxy) is 2. The van der Waals surface area contributed by atoms with Gasteiger partial charge in [-0.25, -0.2) is 0 Å². The first-order valence-electron chi connectivity index (χ1n) is 6.98. The van der Waals surface area contributed by atoms with Crippen LogP contribution in [0.4, 0.5) is 8.78 Å². The lowest BCUT2D eigenvalue weighted by Gasteiger charge is -2.11. The lowest BCUT2D eigenvalue weighted by Crippen LogP contribution is -2.15. The van der Waals surface area contributed by atoms with Crippen LogP contribution >= 0.6 is 0 Å². The maximum absolute atomic E-state index is 12.4. The van der Waals surface area contributed by atoms with Gasteiger partial charge in [-0.05, 0) is 43.3 Å². The Kier molecular flexibility index (Phi) is 5.47. The van der Waals surface area contributed by atoms with Crippen molar-refractivity contribution in [1.82, 2.24) is 0 Å². The van der Waals surface area contributed by atoms with E-state index in [1.807, 2.05) is 0 Å². The van der Waals surface area contributed by atoms with Crippen molar-refractivity contribution in [2.45, 2.75) is 13.5 Å². The molecule has 0 bridgehead atoms. The number of nitrogens with two attached hydrogens (primary N) is 1. The molecule has 126 valence electrons. The fourth-order valence-electron chi connectivity index (χ4n) is 2.00. The van der Waals surface area contributed by atoms with Crippen molar-refractivity contribution < 1.29 is 27.8 Å². The monoisotopic (exact) mass is 335 g/mol. The van der Waals surface area contributed by atoms with Crippen LogP contribution < -0.4 is 15.2 Å². The van der Waals surface area contributed by atoms with Crippen molar-refractivity contribution in [3.8, 4) is 11.5 Å². The SMILES string of the molecule is Cc1ccc(OC(F)F)c(C(=O)COc2ccc(C(N)=O)cc2)c1. The van der Waals surface area contributed by atoms with Gasteiger partial charge in [0.1, 0.15) is 11.5 Å². The minimum atomic E-state index is -3.03. The molecule has 0 fully saturated rings. The van der Waals surface area contributed by atoms with Gasteiger partial charge >= 0.3 is 6.61 Å². The van der Waals surface area contributed by atoms with E-state index in [0.717, 1.165) is 5.56 Å². The van der Waals surface area contributed by atoms with Crippen LogP contribution in [0, 0.1) is 6.92 Å². The number of Topliss-reactive ketones (excluding diaryl/α,β-unsaturated/α-hetero) is 1. The molecule has 0 unspecified atom stereocenters. The third-order valence-corrected chi connectivity index (χ3v) is 3.16. The number of benzene rings is 2. The maximum Gasteiger partial charge on any atom is 0.387 e. The van der Waals surface area contributed by atoms with Gasteiger partial charge in [0.15, 0.2) is 6.61 Å². The van der Waals surface area contributed by atoms with Crippen molar-refractivity contribution in [2.75, 3.05) is 6.61 Å². The summed E-state index contributed by atoms with van der Waals surface area (Å²) in [5.74, 6) is -0.940. The van der Waals surface area contributed by atoms with Gasteiger partial charge in [-0.1, -0.05) is 11.6 Å². The summed E-state index contributed by atoms with van der Waals surface area (Å²) < 4.78 is 34.5. The summed E-state index contributed by atoms with van der Waals surface area (Å²) in [6.45, 7) is -1.66. The molecular formula is C17H15F2NO4. The zero-order chi connectivity index (χ0) is 17.7. The fraction of sp³-hybridized carbons (Fsp3) is 0.176. The molecule has 0 heterocycles. The first-order chi connectivity index (χ1) is 11.4. The highest BCUT2D eigenvalue weighted by Crippen LogP contribution is 2.23. The quantitative estimate of drug-likeness (QED) is 0.789. The predicted octanol–water partition coefficient (Wildman–Crippen LogP) is 2.96. The van der Waals surface area contributed by atoms with Gasteiger partial charge in [0.2, 0.25) is 11.7 Å². The van der Waals surface area contributed by atoms with E-state index in [-0.39, 0.29) is 17.9 Å². The first-order valence-corrected chi connectivity index (χ1v) is 6.98. The number of amides is 1. The summed E-state index contributed by atoms with van der Waals surface area (Å²) in [5.41, 5.74) is 6.17. The molecule has 2 aromatic rings. The number of primary amides is 1. The molecule has 2 rings (SSSR count). The second kappa shape index (κ2) is 7.54. The molecule has 24 heavy (non-hydrogen) atoms. The van der Waals surface area contributed by atoms with E-state index < -0.39 is 18.3 Å². The third-order valence-electron chi connectivity index (χ3n) is 3.16. The zero-order valence-corrected chi connectivity index (χ0v) is 12.8. The second-order valence-electron chi connectivity index (χ2n) is 4.98.